The number of ether oxygens (including phenoxy) is 1. The number of aryl methyl sites for hydroxylation is 1. The summed E-state index contributed by atoms with van der Waals surface area (Å²) in [5.74, 6) is -0.558. The Hall–Kier alpha value is -1.95. The molecule has 0 aliphatic carbocycles. The van der Waals surface area contributed by atoms with Gasteiger partial charge in [-0.2, -0.15) is 8.78 Å². The van der Waals surface area contributed by atoms with Crippen molar-refractivity contribution in [3.8, 4) is 5.75 Å². The standard InChI is InChI=1S/C14H13F2NO2S/c1-9-6-7-20-12(9)8-17-13(18)10-4-2-3-5-11(10)19-14(15)16/h2-7,14H,8H2,1H3,(H,17,18). The minimum Gasteiger partial charge on any atom is -0.434 e. The molecule has 0 bridgehead atoms. The molecule has 1 N–H and O–H groups in total. The maximum atomic E-state index is 12.3. The van der Waals surface area contributed by atoms with Crippen LogP contribution in [0.5, 0.6) is 5.75 Å². The maximum Gasteiger partial charge on any atom is 0.387 e. The molecule has 2 rings (SSSR count). The lowest BCUT2D eigenvalue weighted by molar-refractivity contribution is -0.0501. The molecular weight excluding hydrogens is 284 g/mol. The zero-order chi connectivity index (χ0) is 14.5. The molecule has 1 aromatic carbocycles. The zero-order valence-corrected chi connectivity index (χ0v) is 11.5. The van der Waals surface area contributed by atoms with Crippen LogP contribution in [0.25, 0.3) is 0 Å². The summed E-state index contributed by atoms with van der Waals surface area (Å²) in [5, 5.41) is 4.64. The molecule has 0 saturated carbocycles. The molecule has 0 aliphatic rings. The molecule has 20 heavy (non-hydrogen) atoms. The van der Waals surface area contributed by atoms with Crippen LogP contribution in [0.1, 0.15) is 20.8 Å². The van der Waals surface area contributed by atoms with Crippen LogP contribution in [0.15, 0.2) is 35.7 Å². The van der Waals surface area contributed by atoms with Gasteiger partial charge in [0, 0.05) is 4.88 Å². The number of carbonyl (C=O) groups excluding carboxylic acids is 1. The minimum absolute atomic E-state index is 0.0991. The summed E-state index contributed by atoms with van der Waals surface area (Å²) >= 11 is 1.54. The Morgan fingerprint density at radius 3 is 2.75 bits per heavy atom. The number of benzene rings is 1. The summed E-state index contributed by atoms with van der Waals surface area (Å²) in [5.41, 5.74) is 1.19. The third-order valence-corrected chi connectivity index (χ3v) is 3.75. The summed E-state index contributed by atoms with van der Waals surface area (Å²) in [6, 6.07) is 7.90. The van der Waals surface area contributed by atoms with Gasteiger partial charge in [0.15, 0.2) is 0 Å². The summed E-state index contributed by atoms with van der Waals surface area (Å²) in [7, 11) is 0. The molecule has 6 heteroatoms. The molecule has 0 atom stereocenters. The Balaban J connectivity index is 2.07. The fraction of sp³-hybridized carbons (Fsp3) is 0.214. The highest BCUT2D eigenvalue weighted by Crippen LogP contribution is 2.21. The molecule has 0 spiro atoms. The van der Waals surface area contributed by atoms with Gasteiger partial charge in [-0.25, -0.2) is 0 Å². The average molecular weight is 297 g/mol. The van der Waals surface area contributed by atoms with Crippen LogP contribution in [0.4, 0.5) is 8.78 Å². The van der Waals surface area contributed by atoms with Crippen LogP contribution in [0.3, 0.4) is 0 Å². The van der Waals surface area contributed by atoms with Crippen molar-refractivity contribution >= 4 is 17.2 Å². The van der Waals surface area contributed by atoms with Gasteiger partial charge in [-0.05, 0) is 36.1 Å². The van der Waals surface area contributed by atoms with Gasteiger partial charge < -0.3 is 10.1 Å². The van der Waals surface area contributed by atoms with Gasteiger partial charge in [-0.15, -0.1) is 11.3 Å². The molecule has 0 aliphatic heterocycles. The van der Waals surface area contributed by atoms with E-state index in [1.807, 2.05) is 18.4 Å². The SMILES string of the molecule is Cc1ccsc1CNC(=O)c1ccccc1OC(F)F. The molecule has 0 radical (unpaired) electrons. The lowest BCUT2D eigenvalue weighted by Crippen LogP contribution is -2.23. The van der Waals surface area contributed by atoms with E-state index >= 15 is 0 Å². The first-order chi connectivity index (χ1) is 9.58. The van der Waals surface area contributed by atoms with E-state index in [2.05, 4.69) is 10.1 Å². The van der Waals surface area contributed by atoms with Crippen molar-refractivity contribution in [3.63, 3.8) is 0 Å². The Labute approximate surface area is 119 Å². The van der Waals surface area contributed by atoms with Gasteiger partial charge in [0.25, 0.3) is 5.91 Å². The second kappa shape index (κ2) is 6.47. The lowest BCUT2D eigenvalue weighted by Gasteiger charge is -2.10. The maximum absolute atomic E-state index is 12.3. The van der Waals surface area contributed by atoms with Gasteiger partial charge in [-0.3, -0.25) is 4.79 Å². The van der Waals surface area contributed by atoms with E-state index in [1.165, 1.54) is 29.5 Å². The summed E-state index contributed by atoms with van der Waals surface area (Å²) in [4.78, 5) is 13.1. The summed E-state index contributed by atoms with van der Waals surface area (Å²) in [6.07, 6.45) is 0. The van der Waals surface area contributed by atoms with Crippen molar-refractivity contribution < 1.29 is 18.3 Å². The van der Waals surface area contributed by atoms with E-state index < -0.39 is 12.5 Å². The number of halogens is 2. The molecule has 0 unspecified atom stereocenters. The van der Waals surface area contributed by atoms with E-state index in [4.69, 9.17) is 0 Å². The van der Waals surface area contributed by atoms with Crippen LogP contribution in [-0.2, 0) is 6.54 Å². The predicted molar refractivity (Wildman–Crippen MR) is 73.3 cm³/mol. The predicted octanol–water partition coefficient (Wildman–Crippen LogP) is 3.59. The van der Waals surface area contributed by atoms with Crippen molar-refractivity contribution in [2.24, 2.45) is 0 Å². The smallest absolute Gasteiger partial charge is 0.387 e. The molecule has 2 aromatic rings. The Morgan fingerprint density at radius 1 is 1.35 bits per heavy atom. The molecule has 106 valence electrons. The largest absolute Gasteiger partial charge is 0.434 e. The first kappa shape index (κ1) is 14.5. The highest BCUT2D eigenvalue weighted by molar-refractivity contribution is 7.10. The number of para-hydroxylation sites is 1. The quantitative estimate of drug-likeness (QED) is 0.916. The normalized spacial score (nSPS) is 10.6. The van der Waals surface area contributed by atoms with Crippen molar-refractivity contribution in [1.82, 2.24) is 5.32 Å². The van der Waals surface area contributed by atoms with E-state index in [-0.39, 0.29) is 11.3 Å². The fourth-order valence-electron chi connectivity index (χ4n) is 1.69. The third-order valence-electron chi connectivity index (χ3n) is 2.73. The van der Waals surface area contributed by atoms with Crippen LogP contribution in [0.2, 0.25) is 0 Å². The molecular formula is C14H13F2NO2S. The third kappa shape index (κ3) is 3.54. The fourth-order valence-corrected chi connectivity index (χ4v) is 2.54. The lowest BCUT2D eigenvalue weighted by atomic mass is 10.2. The minimum atomic E-state index is -2.96. The number of thiophene rings is 1. The van der Waals surface area contributed by atoms with Gasteiger partial charge in [0.05, 0.1) is 12.1 Å². The monoisotopic (exact) mass is 297 g/mol. The van der Waals surface area contributed by atoms with Crippen LogP contribution in [-0.4, -0.2) is 12.5 Å². The molecule has 0 saturated heterocycles. The van der Waals surface area contributed by atoms with Gasteiger partial charge in [-0.1, -0.05) is 12.1 Å². The number of alkyl halides is 2. The Kier molecular flexibility index (Phi) is 4.68. The number of hydrogen-bond donors (Lipinski definition) is 1. The van der Waals surface area contributed by atoms with Crippen molar-refractivity contribution in [2.45, 2.75) is 20.1 Å². The number of rotatable bonds is 5. The van der Waals surface area contributed by atoms with Crippen molar-refractivity contribution in [2.75, 3.05) is 0 Å². The Bertz CT molecular complexity index is 598. The first-order valence-corrected chi connectivity index (χ1v) is 6.81. The highest BCUT2D eigenvalue weighted by Gasteiger charge is 2.15. The second-order valence-electron chi connectivity index (χ2n) is 4.08. The summed E-state index contributed by atoms with van der Waals surface area (Å²) < 4.78 is 28.9. The molecule has 0 fully saturated rings. The van der Waals surface area contributed by atoms with Crippen LogP contribution < -0.4 is 10.1 Å². The number of carbonyl (C=O) groups is 1. The number of nitrogens with one attached hydrogen (secondary N) is 1. The number of amides is 1. The van der Waals surface area contributed by atoms with E-state index in [0.29, 0.717) is 6.54 Å². The second-order valence-corrected chi connectivity index (χ2v) is 5.08. The van der Waals surface area contributed by atoms with E-state index in [9.17, 15) is 13.6 Å². The molecule has 1 aromatic heterocycles. The first-order valence-electron chi connectivity index (χ1n) is 5.93. The van der Waals surface area contributed by atoms with Gasteiger partial charge in [0.1, 0.15) is 5.75 Å². The zero-order valence-electron chi connectivity index (χ0n) is 10.7. The van der Waals surface area contributed by atoms with Crippen molar-refractivity contribution in [3.05, 3.63) is 51.7 Å². The summed E-state index contributed by atoms with van der Waals surface area (Å²) in [6.45, 7) is -0.638. The number of hydrogen-bond acceptors (Lipinski definition) is 3. The van der Waals surface area contributed by atoms with Crippen LogP contribution >= 0.6 is 11.3 Å². The molecule has 1 amide bonds. The molecule has 3 nitrogen and oxygen atoms in total. The van der Waals surface area contributed by atoms with Gasteiger partial charge in [0.2, 0.25) is 0 Å². The van der Waals surface area contributed by atoms with Crippen molar-refractivity contribution in [1.29, 1.82) is 0 Å². The molecule has 1 heterocycles. The highest BCUT2D eigenvalue weighted by atomic mass is 32.1. The van der Waals surface area contributed by atoms with Crippen LogP contribution in [0, 0.1) is 6.92 Å². The topological polar surface area (TPSA) is 38.3 Å². The van der Waals surface area contributed by atoms with E-state index in [1.54, 1.807) is 6.07 Å². The average Bonchev–Trinajstić information content (AvgIpc) is 2.81. The van der Waals surface area contributed by atoms with Gasteiger partial charge >= 0.3 is 6.61 Å². The Morgan fingerprint density at radius 2 is 2.10 bits per heavy atom. The van der Waals surface area contributed by atoms with E-state index in [0.717, 1.165) is 10.4 Å².